The summed E-state index contributed by atoms with van der Waals surface area (Å²) >= 11 is 0. The minimum atomic E-state index is -1.07. The Labute approximate surface area is 88.9 Å². The zero-order valence-electron chi connectivity index (χ0n) is 7.91. The summed E-state index contributed by atoms with van der Waals surface area (Å²) in [7, 11) is 0. The smallest absolute Gasteiger partial charge is 0.259 e. The molecule has 0 aliphatic carbocycles. The Hall–Kier alpha value is -2.24. The molecule has 0 aromatic carbocycles. The number of pyridine rings is 1. The van der Waals surface area contributed by atoms with Crippen molar-refractivity contribution in [3.8, 4) is 0 Å². The molecule has 0 unspecified atom stereocenters. The number of amides is 1. The molecule has 1 amide bonds. The predicted octanol–water partition coefficient (Wildman–Crippen LogP) is 2.21. The second kappa shape index (κ2) is 4.09. The minimum Gasteiger partial charge on any atom is -0.472 e. The highest BCUT2D eigenvalue weighted by Crippen LogP contribution is 2.13. The van der Waals surface area contributed by atoms with Crippen molar-refractivity contribution in [1.29, 1.82) is 0 Å². The molecule has 0 radical (unpaired) electrons. The van der Waals surface area contributed by atoms with Gasteiger partial charge in [0, 0.05) is 0 Å². The van der Waals surface area contributed by atoms with Gasteiger partial charge in [0.15, 0.2) is 0 Å². The summed E-state index contributed by atoms with van der Waals surface area (Å²) in [4.78, 5) is 14.4. The van der Waals surface area contributed by atoms with E-state index in [1.54, 1.807) is 0 Å². The van der Waals surface area contributed by atoms with Gasteiger partial charge in [0.1, 0.15) is 6.26 Å². The molecule has 4 nitrogen and oxygen atoms in total. The summed E-state index contributed by atoms with van der Waals surface area (Å²) in [6.45, 7) is 0. The fourth-order valence-corrected chi connectivity index (χ4v) is 1.09. The summed E-state index contributed by atoms with van der Waals surface area (Å²) in [5, 5.41) is 2.24. The van der Waals surface area contributed by atoms with Crippen molar-refractivity contribution in [1.82, 2.24) is 4.98 Å². The van der Waals surface area contributed by atoms with Crippen LogP contribution in [0, 0.1) is 11.9 Å². The Kier molecular flexibility index (Phi) is 2.63. The van der Waals surface area contributed by atoms with Crippen LogP contribution in [-0.2, 0) is 0 Å². The van der Waals surface area contributed by atoms with Gasteiger partial charge in [-0.05, 0) is 18.2 Å². The maximum absolute atomic E-state index is 13.1. The van der Waals surface area contributed by atoms with Crippen molar-refractivity contribution in [2.45, 2.75) is 0 Å². The quantitative estimate of drug-likeness (QED) is 0.795. The molecule has 2 aromatic heterocycles. The molecule has 2 heterocycles. The number of nitrogens with zero attached hydrogens (tertiary/aromatic N) is 1. The summed E-state index contributed by atoms with van der Waals surface area (Å²) in [6.07, 6.45) is 2.53. The molecular formula is C10H6F2N2O2. The fraction of sp³-hybridized carbons (Fsp3) is 0. The van der Waals surface area contributed by atoms with Gasteiger partial charge in [-0.2, -0.15) is 13.8 Å². The molecule has 2 rings (SSSR count). The van der Waals surface area contributed by atoms with Crippen LogP contribution in [0.25, 0.3) is 0 Å². The molecule has 0 atom stereocenters. The number of halogens is 2. The lowest BCUT2D eigenvalue weighted by atomic mass is 10.3. The maximum Gasteiger partial charge on any atom is 0.259 e. The molecule has 0 saturated heterocycles. The van der Waals surface area contributed by atoms with Crippen LogP contribution in [-0.4, -0.2) is 10.9 Å². The SMILES string of the molecule is O=C(Nc1ccc(F)nc1F)c1ccoc1. The van der Waals surface area contributed by atoms with Gasteiger partial charge in [-0.1, -0.05) is 0 Å². The molecule has 16 heavy (non-hydrogen) atoms. The lowest BCUT2D eigenvalue weighted by molar-refractivity contribution is 0.102. The van der Waals surface area contributed by atoms with Crippen LogP contribution in [0.1, 0.15) is 10.4 Å². The molecule has 1 N–H and O–H groups in total. The van der Waals surface area contributed by atoms with E-state index in [9.17, 15) is 13.6 Å². The zero-order chi connectivity index (χ0) is 11.5. The van der Waals surface area contributed by atoms with Gasteiger partial charge < -0.3 is 9.73 Å². The third kappa shape index (κ3) is 2.05. The van der Waals surface area contributed by atoms with Crippen LogP contribution in [0.4, 0.5) is 14.5 Å². The van der Waals surface area contributed by atoms with E-state index >= 15 is 0 Å². The van der Waals surface area contributed by atoms with Gasteiger partial charge >= 0.3 is 0 Å². The standard InChI is InChI=1S/C10H6F2N2O2/c11-8-2-1-7(9(12)14-8)13-10(15)6-3-4-16-5-6/h1-5H,(H,13,15). The van der Waals surface area contributed by atoms with Crippen molar-refractivity contribution in [2.24, 2.45) is 0 Å². The topological polar surface area (TPSA) is 55.1 Å². The Balaban J connectivity index is 2.18. The summed E-state index contributed by atoms with van der Waals surface area (Å²) in [5.74, 6) is -2.57. The number of aromatic nitrogens is 1. The number of hydrogen-bond acceptors (Lipinski definition) is 3. The monoisotopic (exact) mass is 224 g/mol. The average molecular weight is 224 g/mol. The molecular weight excluding hydrogens is 218 g/mol. The lowest BCUT2D eigenvalue weighted by Crippen LogP contribution is -2.12. The van der Waals surface area contributed by atoms with Crippen LogP contribution in [0.2, 0.25) is 0 Å². The first-order valence-electron chi connectivity index (χ1n) is 4.32. The lowest BCUT2D eigenvalue weighted by Gasteiger charge is -2.03. The molecule has 0 aliphatic rings. The normalized spacial score (nSPS) is 10.1. The number of hydrogen-bond donors (Lipinski definition) is 1. The van der Waals surface area contributed by atoms with Crippen molar-refractivity contribution >= 4 is 11.6 Å². The highest BCUT2D eigenvalue weighted by atomic mass is 19.1. The molecule has 2 aromatic rings. The third-order valence-electron chi connectivity index (χ3n) is 1.85. The number of furan rings is 1. The van der Waals surface area contributed by atoms with E-state index in [-0.39, 0.29) is 11.3 Å². The average Bonchev–Trinajstić information content (AvgIpc) is 2.75. The van der Waals surface area contributed by atoms with Gasteiger partial charge in [0.2, 0.25) is 11.9 Å². The van der Waals surface area contributed by atoms with Gasteiger partial charge in [-0.25, -0.2) is 0 Å². The van der Waals surface area contributed by atoms with E-state index in [2.05, 4.69) is 10.3 Å². The van der Waals surface area contributed by atoms with Crippen LogP contribution < -0.4 is 5.32 Å². The number of rotatable bonds is 2. The van der Waals surface area contributed by atoms with Gasteiger partial charge in [-0.15, -0.1) is 0 Å². The number of anilines is 1. The van der Waals surface area contributed by atoms with E-state index in [0.29, 0.717) is 0 Å². The molecule has 0 bridgehead atoms. The van der Waals surface area contributed by atoms with Crippen LogP contribution in [0.15, 0.2) is 35.1 Å². The molecule has 0 saturated carbocycles. The largest absolute Gasteiger partial charge is 0.472 e. The van der Waals surface area contributed by atoms with Gasteiger partial charge in [0.25, 0.3) is 5.91 Å². The second-order valence-corrected chi connectivity index (χ2v) is 2.94. The van der Waals surface area contributed by atoms with Crippen molar-refractivity contribution < 1.29 is 18.0 Å². The van der Waals surface area contributed by atoms with Crippen molar-refractivity contribution in [3.05, 3.63) is 48.2 Å². The highest BCUT2D eigenvalue weighted by molar-refractivity contribution is 6.03. The van der Waals surface area contributed by atoms with Gasteiger partial charge in [0.05, 0.1) is 17.5 Å². The van der Waals surface area contributed by atoms with Crippen molar-refractivity contribution in [3.63, 3.8) is 0 Å². The Morgan fingerprint density at radius 1 is 1.31 bits per heavy atom. The highest BCUT2D eigenvalue weighted by Gasteiger charge is 2.11. The van der Waals surface area contributed by atoms with Crippen LogP contribution >= 0.6 is 0 Å². The van der Waals surface area contributed by atoms with Crippen LogP contribution in [0.3, 0.4) is 0 Å². The van der Waals surface area contributed by atoms with E-state index in [0.717, 1.165) is 12.1 Å². The second-order valence-electron chi connectivity index (χ2n) is 2.94. The van der Waals surface area contributed by atoms with Gasteiger partial charge in [-0.3, -0.25) is 4.79 Å². The van der Waals surface area contributed by atoms with Crippen molar-refractivity contribution in [2.75, 3.05) is 5.32 Å². The maximum atomic E-state index is 13.1. The molecule has 0 aliphatic heterocycles. The molecule has 6 heteroatoms. The first-order chi connectivity index (χ1) is 7.66. The molecule has 0 fully saturated rings. The summed E-state index contributed by atoms with van der Waals surface area (Å²) < 4.78 is 30.2. The molecule has 0 spiro atoms. The Morgan fingerprint density at radius 2 is 2.12 bits per heavy atom. The number of nitrogens with one attached hydrogen (secondary N) is 1. The summed E-state index contributed by atoms with van der Waals surface area (Å²) in [6, 6.07) is 3.47. The van der Waals surface area contributed by atoms with E-state index in [1.807, 2.05) is 0 Å². The zero-order valence-corrected chi connectivity index (χ0v) is 7.91. The third-order valence-corrected chi connectivity index (χ3v) is 1.85. The first kappa shape index (κ1) is 10.3. The summed E-state index contributed by atoms with van der Waals surface area (Å²) in [5.41, 5.74) is 0.0522. The number of carbonyl (C=O) groups is 1. The molecule has 82 valence electrons. The fourth-order valence-electron chi connectivity index (χ4n) is 1.09. The number of carbonyl (C=O) groups excluding carboxylic acids is 1. The predicted molar refractivity (Wildman–Crippen MR) is 50.8 cm³/mol. The first-order valence-corrected chi connectivity index (χ1v) is 4.32. The van der Waals surface area contributed by atoms with E-state index in [4.69, 9.17) is 4.42 Å². The minimum absolute atomic E-state index is 0.187. The Bertz CT molecular complexity index is 512. The van der Waals surface area contributed by atoms with E-state index < -0.39 is 17.8 Å². The van der Waals surface area contributed by atoms with E-state index in [1.165, 1.54) is 18.6 Å². The Morgan fingerprint density at radius 3 is 2.75 bits per heavy atom. The van der Waals surface area contributed by atoms with Crippen LogP contribution in [0.5, 0.6) is 0 Å².